The summed E-state index contributed by atoms with van der Waals surface area (Å²) in [5.74, 6) is 0.0294. The van der Waals surface area contributed by atoms with E-state index in [-0.39, 0.29) is 17.6 Å². The molecule has 0 aromatic heterocycles. The van der Waals surface area contributed by atoms with Gasteiger partial charge in [0.1, 0.15) is 0 Å². The Labute approximate surface area is 151 Å². The molecule has 1 unspecified atom stereocenters. The summed E-state index contributed by atoms with van der Waals surface area (Å²) < 4.78 is 0. The average Bonchev–Trinajstić information content (AvgIpc) is 2.62. The van der Waals surface area contributed by atoms with Gasteiger partial charge < -0.3 is 0 Å². The van der Waals surface area contributed by atoms with Crippen LogP contribution in [0.5, 0.6) is 0 Å². The molecule has 1 aliphatic heterocycles. The Morgan fingerprint density at radius 3 is 2.36 bits per heavy atom. The second-order valence-corrected chi connectivity index (χ2v) is 6.95. The van der Waals surface area contributed by atoms with Gasteiger partial charge in [-0.15, -0.1) is 0 Å². The molecule has 2 aliphatic rings. The van der Waals surface area contributed by atoms with Gasteiger partial charge in [-0.3, -0.25) is 14.5 Å². The standard InChI is InChI=1S/C21H18ClNO2/c22-15-11-9-14(10-12-15)17-13-20(25)23(16-5-2-1-3-6-16)18-7-4-8-19(24)21(17)18/h1-3,5-6,9-12,17H,4,7-8,13H2. The van der Waals surface area contributed by atoms with Crippen molar-refractivity contribution in [3.05, 3.63) is 76.5 Å². The van der Waals surface area contributed by atoms with E-state index in [0.29, 0.717) is 17.9 Å². The highest BCUT2D eigenvalue weighted by atomic mass is 35.5. The molecular weight excluding hydrogens is 334 g/mol. The number of benzene rings is 2. The van der Waals surface area contributed by atoms with E-state index < -0.39 is 0 Å². The van der Waals surface area contributed by atoms with E-state index in [2.05, 4.69) is 0 Å². The van der Waals surface area contributed by atoms with Crippen LogP contribution in [0.15, 0.2) is 65.9 Å². The zero-order valence-electron chi connectivity index (χ0n) is 13.7. The monoisotopic (exact) mass is 351 g/mol. The van der Waals surface area contributed by atoms with Crippen molar-refractivity contribution in [1.82, 2.24) is 0 Å². The van der Waals surface area contributed by atoms with Gasteiger partial charge in [-0.1, -0.05) is 41.9 Å². The fourth-order valence-electron chi connectivity index (χ4n) is 3.85. The molecular formula is C21H18ClNO2. The zero-order chi connectivity index (χ0) is 17.4. The third kappa shape index (κ3) is 2.89. The van der Waals surface area contributed by atoms with Crippen molar-refractivity contribution in [2.75, 3.05) is 4.90 Å². The number of ketones is 1. The third-order valence-electron chi connectivity index (χ3n) is 4.96. The van der Waals surface area contributed by atoms with Gasteiger partial charge in [0.2, 0.25) is 5.91 Å². The van der Waals surface area contributed by atoms with Crippen LogP contribution in [0.3, 0.4) is 0 Å². The van der Waals surface area contributed by atoms with Gasteiger partial charge in [-0.2, -0.15) is 0 Å². The number of hydrogen-bond donors (Lipinski definition) is 0. The van der Waals surface area contributed by atoms with Gasteiger partial charge in [-0.25, -0.2) is 0 Å². The van der Waals surface area contributed by atoms with Crippen molar-refractivity contribution in [2.24, 2.45) is 0 Å². The summed E-state index contributed by atoms with van der Waals surface area (Å²) in [4.78, 5) is 27.5. The molecule has 2 aromatic carbocycles. The SMILES string of the molecule is O=C1CCCC2=C1C(c1ccc(Cl)cc1)CC(=O)N2c1ccccc1. The normalized spacial score (nSPS) is 20.7. The Morgan fingerprint density at radius 1 is 0.920 bits per heavy atom. The van der Waals surface area contributed by atoms with Crippen molar-refractivity contribution in [3.63, 3.8) is 0 Å². The second kappa shape index (κ2) is 6.49. The Morgan fingerprint density at radius 2 is 1.64 bits per heavy atom. The van der Waals surface area contributed by atoms with E-state index in [1.165, 1.54) is 0 Å². The van der Waals surface area contributed by atoms with Crippen LogP contribution < -0.4 is 4.90 Å². The summed E-state index contributed by atoms with van der Waals surface area (Å²) in [6.45, 7) is 0. The van der Waals surface area contributed by atoms with E-state index >= 15 is 0 Å². The van der Waals surface area contributed by atoms with E-state index in [1.807, 2.05) is 54.6 Å². The lowest BCUT2D eigenvalue weighted by Gasteiger charge is -2.38. The smallest absolute Gasteiger partial charge is 0.232 e. The van der Waals surface area contributed by atoms with Gasteiger partial charge in [0, 0.05) is 40.7 Å². The lowest BCUT2D eigenvalue weighted by Crippen LogP contribution is -2.40. The number of amides is 1. The quantitative estimate of drug-likeness (QED) is 0.774. The first-order valence-corrected chi connectivity index (χ1v) is 8.92. The number of Topliss-reactive ketones (excluding diaryl/α,β-unsaturated/α-hetero) is 1. The molecule has 0 bridgehead atoms. The molecule has 1 amide bonds. The molecule has 0 fully saturated rings. The van der Waals surface area contributed by atoms with Crippen molar-refractivity contribution < 1.29 is 9.59 Å². The Kier molecular flexibility index (Phi) is 4.18. The summed E-state index contributed by atoms with van der Waals surface area (Å²) in [5, 5.41) is 0.654. The fraction of sp³-hybridized carbons (Fsp3) is 0.238. The van der Waals surface area contributed by atoms with Crippen LogP contribution in [0.25, 0.3) is 0 Å². The number of carbonyl (C=O) groups excluding carboxylic acids is 2. The molecule has 1 atom stereocenters. The fourth-order valence-corrected chi connectivity index (χ4v) is 3.98. The minimum absolute atomic E-state index is 0.0413. The van der Waals surface area contributed by atoms with Crippen molar-refractivity contribution in [1.29, 1.82) is 0 Å². The van der Waals surface area contributed by atoms with Crippen LogP contribution in [0.2, 0.25) is 5.02 Å². The third-order valence-corrected chi connectivity index (χ3v) is 5.21. The molecule has 4 rings (SSSR count). The number of allylic oxidation sites excluding steroid dienone is 2. The van der Waals surface area contributed by atoms with Crippen molar-refractivity contribution >= 4 is 29.0 Å². The van der Waals surface area contributed by atoms with Crippen LogP contribution in [0.4, 0.5) is 5.69 Å². The first kappa shape index (κ1) is 16.1. The summed E-state index contributed by atoms with van der Waals surface area (Å²) in [6, 6.07) is 17.1. The maximum absolute atomic E-state index is 13.0. The molecule has 25 heavy (non-hydrogen) atoms. The molecule has 0 saturated carbocycles. The second-order valence-electron chi connectivity index (χ2n) is 6.51. The maximum atomic E-state index is 13.0. The van der Waals surface area contributed by atoms with Gasteiger partial charge in [0.15, 0.2) is 5.78 Å². The molecule has 0 radical (unpaired) electrons. The molecule has 3 nitrogen and oxygen atoms in total. The van der Waals surface area contributed by atoms with E-state index in [1.54, 1.807) is 4.90 Å². The Balaban J connectivity index is 1.85. The number of para-hydroxylation sites is 1. The Bertz CT molecular complexity index is 855. The number of anilines is 1. The Hall–Kier alpha value is -2.39. The minimum Gasteiger partial charge on any atom is -0.294 e. The number of halogens is 1. The van der Waals surface area contributed by atoms with Gasteiger partial charge >= 0.3 is 0 Å². The topological polar surface area (TPSA) is 37.4 Å². The van der Waals surface area contributed by atoms with Gasteiger partial charge in [0.05, 0.1) is 0 Å². The predicted octanol–water partition coefficient (Wildman–Crippen LogP) is 4.87. The van der Waals surface area contributed by atoms with Crippen molar-refractivity contribution in [2.45, 2.75) is 31.6 Å². The first-order chi connectivity index (χ1) is 12.1. The number of nitrogens with zero attached hydrogens (tertiary/aromatic N) is 1. The highest BCUT2D eigenvalue weighted by Gasteiger charge is 2.39. The molecule has 0 saturated heterocycles. The van der Waals surface area contributed by atoms with E-state index in [4.69, 9.17) is 11.6 Å². The highest BCUT2D eigenvalue weighted by Crippen LogP contribution is 2.43. The van der Waals surface area contributed by atoms with Crippen LogP contribution in [-0.4, -0.2) is 11.7 Å². The van der Waals surface area contributed by atoms with E-state index in [9.17, 15) is 9.59 Å². The van der Waals surface area contributed by atoms with Crippen LogP contribution >= 0.6 is 11.6 Å². The summed E-state index contributed by atoms with van der Waals surface area (Å²) in [7, 11) is 0. The van der Waals surface area contributed by atoms with Crippen LogP contribution in [0.1, 0.15) is 37.2 Å². The molecule has 0 N–H and O–H groups in total. The zero-order valence-corrected chi connectivity index (χ0v) is 14.5. The molecule has 4 heteroatoms. The molecule has 2 aromatic rings. The molecule has 0 spiro atoms. The highest BCUT2D eigenvalue weighted by molar-refractivity contribution is 6.30. The summed E-state index contributed by atoms with van der Waals surface area (Å²) >= 11 is 5.99. The first-order valence-electron chi connectivity index (χ1n) is 8.55. The van der Waals surface area contributed by atoms with Crippen molar-refractivity contribution in [3.8, 4) is 0 Å². The lowest BCUT2D eigenvalue weighted by molar-refractivity contribution is -0.119. The van der Waals surface area contributed by atoms with Crippen LogP contribution in [0, 0.1) is 0 Å². The largest absolute Gasteiger partial charge is 0.294 e. The lowest BCUT2D eigenvalue weighted by atomic mass is 9.77. The van der Waals surface area contributed by atoms with E-state index in [0.717, 1.165) is 35.4 Å². The molecule has 1 heterocycles. The maximum Gasteiger partial charge on any atom is 0.232 e. The molecule has 126 valence electrons. The molecule has 1 aliphatic carbocycles. The number of carbonyl (C=O) groups is 2. The average molecular weight is 352 g/mol. The predicted molar refractivity (Wildman–Crippen MR) is 98.6 cm³/mol. The summed E-state index contributed by atoms with van der Waals surface area (Å²) in [6.07, 6.45) is 2.41. The minimum atomic E-state index is -0.174. The number of rotatable bonds is 2. The van der Waals surface area contributed by atoms with Gasteiger partial charge in [-0.05, 0) is 42.7 Å². The summed E-state index contributed by atoms with van der Waals surface area (Å²) in [5.41, 5.74) is 3.49. The number of hydrogen-bond acceptors (Lipinski definition) is 2. The van der Waals surface area contributed by atoms with Crippen LogP contribution in [-0.2, 0) is 9.59 Å². The van der Waals surface area contributed by atoms with Gasteiger partial charge in [0.25, 0.3) is 0 Å².